The van der Waals surface area contributed by atoms with Crippen LogP contribution in [0.15, 0.2) is 30.3 Å². The predicted molar refractivity (Wildman–Crippen MR) is 101 cm³/mol. The van der Waals surface area contributed by atoms with Crippen LogP contribution >= 0.6 is 0 Å². The molecule has 0 spiro atoms. The quantitative estimate of drug-likeness (QED) is 0.800. The number of ether oxygens (including phenoxy) is 1. The summed E-state index contributed by atoms with van der Waals surface area (Å²) >= 11 is 0. The molecule has 25 heavy (non-hydrogen) atoms. The first-order chi connectivity index (χ1) is 12.2. The first-order valence-corrected chi connectivity index (χ1v) is 9.95. The van der Waals surface area contributed by atoms with Crippen molar-refractivity contribution in [3.63, 3.8) is 0 Å². The van der Waals surface area contributed by atoms with Crippen LogP contribution in [0.1, 0.15) is 56.9 Å². The molecule has 0 aliphatic carbocycles. The first kappa shape index (κ1) is 18.2. The molecule has 4 heteroatoms. The van der Waals surface area contributed by atoms with Crippen LogP contribution in [0.3, 0.4) is 0 Å². The van der Waals surface area contributed by atoms with Crippen molar-refractivity contribution in [3.05, 3.63) is 35.9 Å². The van der Waals surface area contributed by atoms with Crippen molar-refractivity contribution in [2.45, 2.75) is 57.4 Å². The van der Waals surface area contributed by atoms with Crippen molar-refractivity contribution in [1.29, 1.82) is 0 Å². The van der Waals surface area contributed by atoms with Crippen LogP contribution in [0.4, 0.5) is 4.79 Å². The minimum absolute atomic E-state index is 0.127. The summed E-state index contributed by atoms with van der Waals surface area (Å²) in [6, 6.07) is 11.1. The van der Waals surface area contributed by atoms with Gasteiger partial charge in [0.1, 0.15) is 0 Å². The highest BCUT2D eigenvalue weighted by Crippen LogP contribution is 2.22. The van der Waals surface area contributed by atoms with Crippen LogP contribution in [0.5, 0.6) is 0 Å². The van der Waals surface area contributed by atoms with Crippen LogP contribution in [0.25, 0.3) is 0 Å². The van der Waals surface area contributed by atoms with E-state index in [0.29, 0.717) is 18.6 Å². The van der Waals surface area contributed by atoms with Gasteiger partial charge < -0.3 is 14.5 Å². The molecule has 0 saturated carbocycles. The highest BCUT2D eigenvalue weighted by atomic mass is 16.6. The summed E-state index contributed by atoms with van der Waals surface area (Å²) < 4.78 is 5.53. The van der Waals surface area contributed by atoms with Crippen molar-refractivity contribution in [2.24, 2.45) is 0 Å². The number of amides is 1. The number of hydrogen-bond acceptors (Lipinski definition) is 3. The average Bonchev–Trinajstić information content (AvgIpc) is 2.69. The van der Waals surface area contributed by atoms with Crippen molar-refractivity contribution in [3.8, 4) is 0 Å². The SMILES string of the molecule is CC(CCOC(=O)N1CCC(N2CCCCC2)CC1)c1ccccc1. The first-order valence-electron chi connectivity index (χ1n) is 9.95. The van der Waals surface area contributed by atoms with Gasteiger partial charge >= 0.3 is 6.09 Å². The van der Waals surface area contributed by atoms with Crippen molar-refractivity contribution in [2.75, 3.05) is 32.8 Å². The monoisotopic (exact) mass is 344 g/mol. The maximum atomic E-state index is 12.3. The molecule has 2 fully saturated rings. The molecule has 4 nitrogen and oxygen atoms in total. The molecule has 0 radical (unpaired) electrons. The van der Waals surface area contributed by atoms with Gasteiger partial charge in [0.25, 0.3) is 0 Å². The van der Waals surface area contributed by atoms with E-state index in [9.17, 15) is 4.79 Å². The summed E-state index contributed by atoms with van der Waals surface area (Å²) in [6.45, 7) is 6.86. The van der Waals surface area contributed by atoms with E-state index in [0.717, 1.165) is 32.4 Å². The van der Waals surface area contributed by atoms with Crippen LogP contribution < -0.4 is 0 Å². The van der Waals surface area contributed by atoms with E-state index in [-0.39, 0.29) is 6.09 Å². The lowest BCUT2D eigenvalue weighted by molar-refractivity contribution is 0.0650. The van der Waals surface area contributed by atoms with Gasteiger partial charge in [-0.1, -0.05) is 43.7 Å². The van der Waals surface area contributed by atoms with Gasteiger partial charge in [-0.05, 0) is 56.7 Å². The minimum atomic E-state index is -0.127. The molecule has 1 amide bonds. The van der Waals surface area contributed by atoms with Gasteiger partial charge in [-0.25, -0.2) is 4.79 Å². The average molecular weight is 344 g/mol. The Morgan fingerprint density at radius 2 is 1.76 bits per heavy atom. The van der Waals surface area contributed by atoms with E-state index in [4.69, 9.17) is 4.74 Å². The zero-order valence-electron chi connectivity index (χ0n) is 15.5. The second-order valence-corrected chi connectivity index (χ2v) is 7.53. The number of hydrogen-bond donors (Lipinski definition) is 0. The lowest BCUT2D eigenvalue weighted by atomic mass is 9.98. The van der Waals surface area contributed by atoms with Gasteiger partial charge in [-0.15, -0.1) is 0 Å². The molecule has 0 aromatic heterocycles. The lowest BCUT2D eigenvalue weighted by Crippen LogP contribution is -2.48. The number of likely N-dealkylation sites (tertiary alicyclic amines) is 2. The molecule has 2 aliphatic rings. The Bertz CT molecular complexity index is 520. The standard InChI is InChI=1S/C21H32N2O2/c1-18(19-8-4-2-5-9-19)12-17-25-21(24)23-15-10-20(11-16-23)22-13-6-3-7-14-22/h2,4-5,8-9,18,20H,3,6-7,10-17H2,1H3. The van der Waals surface area contributed by atoms with E-state index < -0.39 is 0 Å². The largest absolute Gasteiger partial charge is 0.449 e. The Balaban J connectivity index is 1.35. The third-order valence-electron chi connectivity index (χ3n) is 5.77. The van der Waals surface area contributed by atoms with Crippen molar-refractivity contribution >= 4 is 6.09 Å². The number of nitrogens with zero attached hydrogens (tertiary/aromatic N) is 2. The van der Waals surface area contributed by atoms with Crippen LogP contribution in [-0.4, -0.2) is 54.7 Å². The van der Waals surface area contributed by atoms with Gasteiger partial charge in [0.15, 0.2) is 0 Å². The van der Waals surface area contributed by atoms with E-state index in [1.807, 2.05) is 11.0 Å². The molecule has 1 atom stereocenters. The van der Waals surface area contributed by atoms with Crippen LogP contribution in [0, 0.1) is 0 Å². The van der Waals surface area contributed by atoms with E-state index in [1.165, 1.54) is 37.9 Å². The van der Waals surface area contributed by atoms with Gasteiger partial charge in [0, 0.05) is 19.1 Å². The van der Waals surface area contributed by atoms with E-state index in [1.54, 1.807) is 0 Å². The molecule has 2 heterocycles. The number of piperidine rings is 2. The van der Waals surface area contributed by atoms with Gasteiger partial charge in [-0.2, -0.15) is 0 Å². The summed E-state index contributed by atoms with van der Waals surface area (Å²) in [5.74, 6) is 0.416. The molecule has 3 rings (SSSR count). The fourth-order valence-electron chi connectivity index (χ4n) is 4.06. The molecule has 0 N–H and O–H groups in total. The summed E-state index contributed by atoms with van der Waals surface area (Å²) in [4.78, 5) is 16.8. The summed E-state index contributed by atoms with van der Waals surface area (Å²) in [7, 11) is 0. The summed E-state index contributed by atoms with van der Waals surface area (Å²) in [5, 5.41) is 0. The third kappa shape index (κ3) is 5.21. The van der Waals surface area contributed by atoms with Crippen LogP contribution in [0.2, 0.25) is 0 Å². The molecule has 1 aromatic carbocycles. The third-order valence-corrected chi connectivity index (χ3v) is 5.77. The highest BCUT2D eigenvalue weighted by Gasteiger charge is 2.28. The Labute approximate surface area is 152 Å². The molecule has 2 saturated heterocycles. The second-order valence-electron chi connectivity index (χ2n) is 7.53. The second kappa shape index (κ2) is 9.23. The lowest BCUT2D eigenvalue weighted by Gasteiger charge is -2.39. The predicted octanol–water partition coefficient (Wildman–Crippen LogP) is 4.27. The maximum absolute atomic E-state index is 12.3. The normalized spacial score (nSPS) is 21.1. The molecule has 2 aliphatic heterocycles. The topological polar surface area (TPSA) is 32.8 Å². The Hall–Kier alpha value is -1.55. The van der Waals surface area contributed by atoms with E-state index in [2.05, 4.69) is 36.1 Å². The summed E-state index contributed by atoms with van der Waals surface area (Å²) in [5.41, 5.74) is 1.31. The zero-order valence-corrected chi connectivity index (χ0v) is 15.5. The molecule has 138 valence electrons. The minimum Gasteiger partial charge on any atom is -0.449 e. The number of carbonyl (C=O) groups excluding carboxylic acids is 1. The zero-order chi connectivity index (χ0) is 17.5. The number of rotatable bonds is 5. The Morgan fingerprint density at radius 3 is 2.44 bits per heavy atom. The van der Waals surface area contributed by atoms with Gasteiger partial charge in [-0.3, -0.25) is 0 Å². The molecular formula is C21H32N2O2. The van der Waals surface area contributed by atoms with Crippen LogP contribution in [-0.2, 0) is 4.74 Å². The van der Waals surface area contributed by atoms with Gasteiger partial charge in [0.05, 0.1) is 6.61 Å². The summed E-state index contributed by atoms with van der Waals surface area (Å²) in [6.07, 6.45) is 6.98. The van der Waals surface area contributed by atoms with Gasteiger partial charge in [0.2, 0.25) is 0 Å². The molecular weight excluding hydrogens is 312 g/mol. The Morgan fingerprint density at radius 1 is 1.08 bits per heavy atom. The molecule has 0 bridgehead atoms. The number of carbonyl (C=O) groups is 1. The molecule has 1 aromatic rings. The smallest absolute Gasteiger partial charge is 0.409 e. The Kier molecular flexibility index (Phi) is 6.74. The maximum Gasteiger partial charge on any atom is 0.409 e. The van der Waals surface area contributed by atoms with Crippen molar-refractivity contribution < 1.29 is 9.53 Å². The molecule has 1 unspecified atom stereocenters. The fraction of sp³-hybridized carbons (Fsp3) is 0.667. The van der Waals surface area contributed by atoms with E-state index >= 15 is 0 Å². The highest BCUT2D eigenvalue weighted by molar-refractivity contribution is 5.67. The van der Waals surface area contributed by atoms with Crippen molar-refractivity contribution in [1.82, 2.24) is 9.80 Å². The number of benzene rings is 1. The fourth-order valence-corrected chi connectivity index (χ4v) is 4.06.